The van der Waals surface area contributed by atoms with Crippen LogP contribution < -0.4 is 5.32 Å². The van der Waals surface area contributed by atoms with E-state index in [9.17, 15) is 24.3 Å². The molecule has 2 rings (SSSR count). The Morgan fingerprint density at radius 3 is 1.75 bits per heavy atom. The van der Waals surface area contributed by atoms with E-state index in [1.54, 1.807) is 0 Å². The van der Waals surface area contributed by atoms with Crippen LogP contribution in [0.5, 0.6) is 0 Å². The molecule has 0 saturated heterocycles. The van der Waals surface area contributed by atoms with E-state index >= 15 is 0 Å². The average molecular weight is 445 g/mol. The van der Waals surface area contributed by atoms with Crippen LogP contribution in [0.4, 0.5) is 0 Å². The number of amides is 1. The van der Waals surface area contributed by atoms with E-state index in [1.165, 1.54) is 0 Å². The maximum Gasteiger partial charge on any atom is 0.339 e. The van der Waals surface area contributed by atoms with Crippen LogP contribution in [0.15, 0.2) is 64.1 Å². The van der Waals surface area contributed by atoms with Gasteiger partial charge in [0.1, 0.15) is 0 Å². The molecule has 10 heteroatoms. The van der Waals surface area contributed by atoms with Crippen molar-refractivity contribution in [2.45, 2.75) is 6.42 Å². The van der Waals surface area contributed by atoms with Crippen molar-refractivity contribution in [1.82, 2.24) is 5.32 Å². The highest BCUT2D eigenvalue weighted by Gasteiger charge is 2.46. The smallest absolute Gasteiger partial charge is 0.339 e. The highest BCUT2D eigenvalue weighted by Crippen LogP contribution is 2.40. The number of nitrogens with one attached hydrogen (secondary N) is 1. The average Bonchev–Trinajstić information content (AvgIpc) is 3.18. The van der Waals surface area contributed by atoms with E-state index in [0.717, 1.165) is 34.0 Å². The minimum absolute atomic E-state index is 0.156. The predicted octanol–water partition coefficient (Wildman–Crippen LogP) is 0.887. The molecule has 1 aromatic rings. The zero-order chi connectivity index (χ0) is 23.8. The summed E-state index contributed by atoms with van der Waals surface area (Å²) in [4.78, 5) is 50.7. The van der Waals surface area contributed by atoms with Crippen molar-refractivity contribution in [1.29, 1.82) is 0 Å². The van der Waals surface area contributed by atoms with Gasteiger partial charge in [0.2, 0.25) is 0 Å². The molecule has 1 aliphatic rings. The van der Waals surface area contributed by atoms with Crippen LogP contribution >= 0.6 is 0 Å². The summed E-state index contributed by atoms with van der Waals surface area (Å²) in [6, 6.07) is 9.29. The number of ether oxygens (including phenoxy) is 4. The third kappa shape index (κ3) is 4.80. The van der Waals surface area contributed by atoms with E-state index in [1.807, 2.05) is 30.3 Å². The summed E-state index contributed by atoms with van der Waals surface area (Å²) >= 11 is 0. The van der Waals surface area contributed by atoms with Crippen LogP contribution in [-0.2, 0) is 44.5 Å². The second kappa shape index (κ2) is 10.8. The highest BCUT2D eigenvalue weighted by molar-refractivity contribution is 6.23. The molecule has 32 heavy (non-hydrogen) atoms. The Hall–Kier alpha value is -4.08. The Morgan fingerprint density at radius 1 is 0.750 bits per heavy atom. The van der Waals surface area contributed by atoms with E-state index in [2.05, 4.69) is 10.1 Å². The normalized spacial score (nSPS) is 14.6. The van der Waals surface area contributed by atoms with Gasteiger partial charge >= 0.3 is 17.9 Å². The monoisotopic (exact) mass is 445 g/mol. The summed E-state index contributed by atoms with van der Waals surface area (Å²) in [7, 11) is 4.17. The minimum atomic E-state index is -1.11. The summed E-state index contributed by atoms with van der Waals surface area (Å²) in [6.45, 7) is 0.156. The van der Waals surface area contributed by atoms with Crippen LogP contribution in [0.1, 0.15) is 5.56 Å². The molecule has 170 valence electrons. The van der Waals surface area contributed by atoms with Gasteiger partial charge < -0.3 is 29.4 Å². The molecular formula is C22H23NO9. The summed E-state index contributed by atoms with van der Waals surface area (Å²) in [6.07, 6.45) is 0.462. The second-order valence-corrected chi connectivity index (χ2v) is 6.35. The quantitative estimate of drug-likeness (QED) is 0.339. The van der Waals surface area contributed by atoms with Crippen molar-refractivity contribution in [2.24, 2.45) is 0 Å². The number of methoxy groups -OCH3 is 4. The van der Waals surface area contributed by atoms with Gasteiger partial charge in [-0.25, -0.2) is 14.4 Å². The third-order valence-corrected chi connectivity index (χ3v) is 4.59. The van der Waals surface area contributed by atoms with Crippen molar-refractivity contribution in [2.75, 3.05) is 35.0 Å². The molecule has 1 aromatic carbocycles. The molecule has 0 fully saturated rings. The largest absolute Gasteiger partial charge is 0.481 e. The van der Waals surface area contributed by atoms with Crippen LogP contribution in [0.2, 0.25) is 0 Å². The molecule has 1 aliphatic carbocycles. The molecular weight excluding hydrogens is 422 g/mol. The van der Waals surface area contributed by atoms with E-state index in [4.69, 9.17) is 14.2 Å². The molecule has 2 N–H and O–H groups in total. The number of benzene rings is 1. The SMILES string of the molecule is COC(=O)C1=C(C(=O)NCCc2ccccc2)/C(=C(/O)OC)C(C(=O)OC)=C1C(=O)OC. The number of rotatable bonds is 8. The topological polar surface area (TPSA) is 137 Å². The zero-order valence-corrected chi connectivity index (χ0v) is 18.0. The Morgan fingerprint density at radius 2 is 1.25 bits per heavy atom. The summed E-state index contributed by atoms with van der Waals surface area (Å²) < 4.78 is 18.9. The van der Waals surface area contributed by atoms with Gasteiger partial charge in [-0.15, -0.1) is 0 Å². The lowest BCUT2D eigenvalue weighted by atomic mass is 10.0. The van der Waals surface area contributed by atoms with Crippen molar-refractivity contribution >= 4 is 23.8 Å². The number of aliphatic hydroxyl groups is 1. The number of esters is 3. The van der Waals surface area contributed by atoms with Gasteiger partial charge in [-0.2, -0.15) is 0 Å². The Balaban J connectivity index is 2.61. The summed E-state index contributed by atoms with van der Waals surface area (Å²) in [5.41, 5.74) is -1.73. The van der Waals surface area contributed by atoms with Gasteiger partial charge in [0, 0.05) is 6.54 Å². The van der Waals surface area contributed by atoms with Gasteiger partial charge in [0.15, 0.2) is 0 Å². The second-order valence-electron chi connectivity index (χ2n) is 6.35. The minimum Gasteiger partial charge on any atom is -0.481 e. The lowest BCUT2D eigenvalue weighted by molar-refractivity contribution is -0.140. The van der Waals surface area contributed by atoms with Crippen molar-refractivity contribution in [3.05, 3.63) is 69.7 Å². The standard InChI is InChI=1S/C22H23NO9/c1-29-19(25)14-13(18(24)23-11-10-12-8-6-5-7-9-12)15(20(26)30-2)17(22(28)32-4)16(14)21(27)31-3/h5-9,25H,10-11H2,1-4H3,(H,23,24)/b19-14+. The number of carbonyl (C=O) groups excluding carboxylic acids is 4. The third-order valence-electron chi connectivity index (χ3n) is 4.59. The fourth-order valence-electron chi connectivity index (χ4n) is 3.14. The number of aliphatic hydroxyl groups excluding tert-OH is 1. The molecule has 10 nitrogen and oxygen atoms in total. The number of hydrogen-bond acceptors (Lipinski definition) is 9. The maximum atomic E-state index is 13.1. The van der Waals surface area contributed by atoms with E-state index in [0.29, 0.717) is 6.42 Å². The fraction of sp³-hybridized carbons (Fsp3) is 0.273. The van der Waals surface area contributed by atoms with Crippen molar-refractivity contribution in [3.63, 3.8) is 0 Å². The van der Waals surface area contributed by atoms with Crippen molar-refractivity contribution in [3.8, 4) is 0 Å². The first-order valence-corrected chi connectivity index (χ1v) is 9.36. The van der Waals surface area contributed by atoms with Crippen LogP contribution in [-0.4, -0.2) is 63.9 Å². The van der Waals surface area contributed by atoms with Gasteiger partial charge in [-0.3, -0.25) is 4.79 Å². The Kier molecular flexibility index (Phi) is 8.17. The molecule has 0 bridgehead atoms. The molecule has 0 heterocycles. The van der Waals surface area contributed by atoms with E-state index < -0.39 is 57.6 Å². The fourth-order valence-corrected chi connectivity index (χ4v) is 3.14. The lowest BCUT2D eigenvalue weighted by Crippen LogP contribution is -2.30. The Labute approximate surface area is 184 Å². The number of carbonyl (C=O) groups is 4. The molecule has 0 aliphatic heterocycles. The van der Waals surface area contributed by atoms with Crippen LogP contribution in [0.25, 0.3) is 0 Å². The van der Waals surface area contributed by atoms with Crippen LogP contribution in [0, 0.1) is 0 Å². The lowest BCUT2D eigenvalue weighted by Gasteiger charge is -2.12. The zero-order valence-electron chi connectivity index (χ0n) is 18.0. The first-order valence-electron chi connectivity index (χ1n) is 9.36. The van der Waals surface area contributed by atoms with Crippen LogP contribution in [0.3, 0.4) is 0 Å². The highest BCUT2D eigenvalue weighted by atomic mass is 16.6. The summed E-state index contributed by atoms with van der Waals surface area (Å²) in [5.74, 6) is -5.03. The van der Waals surface area contributed by atoms with Gasteiger partial charge in [-0.1, -0.05) is 30.3 Å². The van der Waals surface area contributed by atoms with Gasteiger partial charge in [0.25, 0.3) is 11.9 Å². The predicted molar refractivity (Wildman–Crippen MR) is 110 cm³/mol. The van der Waals surface area contributed by atoms with Crippen molar-refractivity contribution < 1.29 is 43.2 Å². The molecule has 0 spiro atoms. The molecule has 0 unspecified atom stereocenters. The molecule has 0 radical (unpaired) electrons. The Bertz CT molecular complexity index is 1020. The first-order chi connectivity index (χ1) is 15.3. The van der Waals surface area contributed by atoms with Gasteiger partial charge in [-0.05, 0) is 12.0 Å². The maximum absolute atomic E-state index is 13.1. The summed E-state index contributed by atoms with van der Waals surface area (Å²) in [5, 5.41) is 12.9. The molecule has 1 amide bonds. The van der Waals surface area contributed by atoms with E-state index in [-0.39, 0.29) is 6.54 Å². The molecule has 0 aromatic heterocycles. The molecule has 0 saturated carbocycles. The molecule has 0 atom stereocenters. The first kappa shape index (κ1) is 24.2. The number of hydrogen-bond donors (Lipinski definition) is 2. The van der Waals surface area contributed by atoms with Gasteiger partial charge in [0.05, 0.1) is 56.3 Å².